The van der Waals surface area contributed by atoms with Crippen LogP contribution in [-0.4, -0.2) is 52.6 Å². The Morgan fingerprint density at radius 1 is 1.56 bits per heavy atom. The Morgan fingerprint density at radius 3 is 2.78 bits per heavy atom. The third-order valence-corrected chi connectivity index (χ3v) is 3.56. The van der Waals surface area contributed by atoms with Crippen molar-refractivity contribution < 1.29 is 14.7 Å². The lowest BCUT2D eigenvalue weighted by Crippen LogP contribution is -2.54. The second-order valence-electron chi connectivity index (χ2n) is 4.97. The molecule has 1 aliphatic heterocycles. The Bertz CT molecular complexity index is 343. The Labute approximate surface area is 108 Å². The zero-order chi connectivity index (χ0) is 13.8. The summed E-state index contributed by atoms with van der Waals surface area (Å²) in [4.78, 5) is 26.6. The molecule has 0 spiro atoms. The highest BCUT2D eigenvalue weighted by atomic mass is 16.4. The van der Waals surface area contributed by atoms with Crippen LogP contribution in [0.15, 0.2) is 12.7 Å². The van der Waals surface area contributed by atoms with Gasteiger partial charge < -0.3 is 14.9 Å². The lowest BCUT2D eigenvalue weighted by Gasteiger charge is -2.34. The first-order valence-electron chi connectivity index (χ1n) is 6.30. The number of hydrogen-bond acceptors (Lipinski definition) is 2. The molecule has 0 aromatic heterocycles. The number of aliphatic carboxylic acids is 1. The summed E-state index contributed by atoms with van der Waals surface area (Å²) in [6.45, 7) is 6.40. The fourth-order valence-corrected chi connectivity index (χ4v) is 2.27. The van der Waals surface area contributed by atoms with Gasteiger partial charge in [0, 0.05) is 20.1 Å². The van der Waals surface area contributed by atoms with E-state index in [0.29, 0.717) is 19.5 Å². The quantitative estimate of drug-likeness (QED) is 0.602. The summed E-state index contributed by atoms with van der Waals surface area (Å²) in [6, 6.07) is -0.193. The van der Waals surface area contributed by atoms with Crippen molar-refractivity contribution >= 4 is 12.0 Å². The van der Waals surface area contributed by atoms with Crippen molar-refractivity contribution in [1.82, 2.24) is 9.80 Å². The minimum atomic E-state index is -1.05. The van der Waals surface area contributed by atoms with E-state index in [1.165, 1.54) is 4.90 Å². The molecular weight excluding hydrogens is 232 g/mol. The smallest absolute Gasteiger partial charge is 0.329 e. The van der Waals surface area contributed by atoms with Crippen LogP contribution in [0.25, 0.3) is 0 Å². The first-order valence-corrected chi connectivity index (χ1v) is 6.30. The maximum Gasteiger partial charge on any atom is 0.329 e. The van der Waals surface area contributed by atoms with E-state index < -0.39 is 11.5 Å². The van der Waals surface area contributed by atoms with E-state index in [-0.39, 0.29) is 6.03 Å². The average Bonchev–Trinajstić information content (AvgIpc) is 2.72. The van der Waals surface area contributed by atoms with Crippen LogP contribution in [0, 0.1) is 0 Å². The van der Waals surface area contributed by atoms with E-state index in [1.807, 2.05) is 6.08 Å². The van der Waals surface area contributed by atoms with Crippen molar-refractivity contribution in [2.75, 3.05) is 20.1 Å². The maximum absolute atomic E-state index is 12.2. The second kappa shape index (κ2) is 5.89. The molecule has 18 heavy (non-hydrogen) atoms. The van der Waals surface area contributed by atoms with Gasteiger partial charge >= 0.3 is 12.0 Å². The van der Waals surface area contributed by atoms with Crippen LogP contribution in [0.2, 0.25) is 0 Å². The number of carbonyl (C=O) groups is 2. The number of amides is 2. The van der Waals surface area contributed by atoms with Gasteiger partial charge in [-0.2, -0.15) is 0 Å². The number of allylic oxidation sites excluding steroid dienone is 1. The number of rotatable bonds is 5. The first kappa shape index (κ1) is 14.5. The number of likely N-dealkylation sites (tertiary alicyclic amines) is 1. The molecule has 5 nitrogen and oxygen atoms in total. The number of hydrogen-bond donors (Lipinski definition) is 1. The van der Waals surface area contributed by atoms with E-state index in [9.17, 15) is 14.7 Å². The molecule has 0 aromatic rings. The summed E-state index contributed by atoms with van der Waals surface area (Å²) in [5.74, 6) is -0.923. The Kier molecular flexibility index (Phi) is 4.76. The lowest BCUT2D eigenvalue weighted by atomic mass is 10.00. The predicted molar refractivity (Wildman–Crippen MR) is 69.4 cm³/mol. The Hall–Kier alpha value is -1.52. The van der Waals surface area contributed by atoms with Gasteiger partial charge in [-0.1, -0.05) is 6.08 Å². The molecule has 1 N–H and O–H groups in total. The third-order valence-electron chi connectivity index (χ3n) is 3.56. The van der Waals surface area contributed by atoms with Gasteiger partial charge in [-0.25, -0.2) is 9.59 Å². The summed E-state index contributed by atoms with van der Waals surface area (Å²) in [7, 11) is 1.71. The molecule has 0 aliphatic carbocycles. The van der Waals surface area contributed by atoms with Crippen LogP contribution in [0.4, 0.5) is 4.79 Å². The fourth-order valence-electron chi connectivity index (χ4n) is 2.27. The summed E-state index contributed by atoms with van der Waals surface area (Å²) in [5.41, 5.74) is -1.05. The largest absolute Gasteiger partial charge is 0.480 e. The van der Waals surface area contributed by atoms with Gasteiger partial charge in [-0.05, 0) is 32.6 Å². The van der Waals surface area contributed by atoms with Crippen molar-refractivity contribution in [2.45, 2.75) is 38.1 Å². The van der Waals surface area contributed by atoms with E-state index >= 15 is 0 Å². The van der Waals surface area contributed by atoms with Gasteiger partial charge in [-0.3, -0.25) is 0 Å². The highest BCUT2D eigenvalue weighted by Gasteiger charge is 2.46. The standard InChI is InChI=1S/C13H22N2O3/c1-4-5-6-9-14(3)12(18)15-10-7-8-13(15,2)11(16)17/h4H,1,5-10H2,2-3H3,(H,16,17). The van der Waals surface area contributed by atoms with Crippen LogP contribution < -0.4 is 0 Å². The van der Waals surface area contributed by atoms with Crippen LogP contribution in [0.3, 0.4) is 0 Å². The lowest BCUT2D eigenvalue weighted by molar-refractivity contribution is -0.147. The molecule has 1 rings (SSSR count). The van der Waals surface area contributed by atoms with E-state index in [4.69, 9.17) is 0 Å². The van der Waals surface area contributed by atoms with Gasteiger partial charge in [0.1, 0.15) is 5.54 Å². The third kappa shape index (κ3) is 2.83. The summed E-state index contributed by atoms with van der Waals surface area (Å²) < 4.78 is 0. The average molecular weight is 254 g/mol. The molecule has 0 bridgehead atoms. The molecule has 0 radical (unpaired) electrons. The zero-order valence-electron chi connectivity index (χ0n) is 11.2. The molecule has 0 saturated carbocycles. The van der Waals surface area contributed by atoms with Crippen LogP contribution >= 0.6 is 0 Å². The Balaban J connectivity index is 2.65. The second-order valence-corrected chi connectivity index (χ2v) is 4.97. The summed E-state index contributed by atoms with van der Waals surface area (Å²) >= 11 is 0. The maximum atomic E-state index is 12.2. The van der Waals surface area contributed by atoms with E-state index in [1.54, 1.807) is 18.9 Å². The van der Waals surface area contributed by atoms with Crippen LogP contribution in [0.1, 0.15) is 32.6 Å². The summed E-state index contributed by atoms with van der Waals surface area (Å²) in [5, 5.41) is 9.26. The van der Waals surface area contributed by atoms with Crippen molar-refractivity contribution in [2.24, 2.45) is 0 Å². The van der Waals surface area contributed by atoms with E-state index in [0.717, 1.165) is 19.3 Å². The normalized spacial score (nSPS) is 22.9. The van der Waals surface area contributed by atoms with Gasteiger partial charge in [0.25, 0.3) is 0 Å². The molecule has 1 heterocycles. The molecule has 2 amide bonds. The number of nitrogens with zero attached hydrogens (tertiary/aromatic N) is 2. The molecule has 5 heteroatoms. The minimum absolute atomic E-state index is 0.193. The van der Waals surface area contributed by atoms with Gasteiger partial charge in [0.05, 0.1) is 0 Å². The first-order chi connectivity index (χ1) is 8.43. The van der Waals surface area contributed by atoms with Crippen LogP contribution in [0.5, 0.6) is 0 Å². The molecule has 1 unspecified atom stereocenters. The number of carboxylic acids is 1. The zero-order valence-corrected chi connectivity index (χ0v) is 11.2. The van der Waals surface area contributed by atoms with Gasteiger partial charge in [-0.15, -0.1) is 6.58 Å². The highest BCUT2D eigenvalue weighted by molar-refractivity contribution is 5.86. The van der Waals surface area contributed by atoms with Crippen molar-refractivity contribution in [3.63, 3.8) is 0 Å². The fraction of sp³-hybridized carbons (Fsp3) is 0.692. The number of unbranched alkanes of at least 4 members (excludes halogenated alkanes) is 1. The Morgan fingerprint density at radius 2 is 2.22 bits per heavy atom. The van der Waals surface area contributed by atoms with Crippen LogP contribution in [-0.2, 0) is 4.79 Å². The molecule has 1 fully saturated rings. The molecular formula is C13H22N2O3. The van der Waals surface area contributed by atoms with Gasteiger partial charge in [0.15, 0.2) is 0 Å². The van der Waals surface area contributed by atoms with Crippen molar-refractivity contribution in [3.05, 3.63) is 12.7 Å². The SMILES string of the molecule is C=CCCCN(C)C(=O)N1CCCC1(C)C(=O)O. The number of carbonyl (C=O) groups excluding carboxylic acids is 1. The van der Waals surface area contributed by atoms with E-state index in [2.05, 4.69) is 6.58 Å². The minimum Gasteiger partial charge on any atom is -0.480 e. The number of urea groups is 1. The van der Waals surface area contributed by atoms with Crippen molar-refractivity contribution in [1.29, 1.82) is 0 Å². The predicted octanol–water partition coefficient (Wildman–Crippen LogP) is 1.94. The molecule has 1 saturated heterocycles. The molecule has 1 atom stereocenters. The summed E-state index contributed by atoms with van der Waals surface area (Å²) in [6.07, 6.45) is 4.79. The molecule has 0 aromatic carbocycles. The monoisotopic (exact) mass is 254 g/mol. The number of carboxylic acid groups (broad SMARTS) is 1. The molecule has 1 aliphatic rings. The van der Waals surface area contributed by atoms with Gasteiger partial charge in [0.2, 0.25) is 0 Å². The topological polar surface area (TPSA) is 60.9 Å². The molecule has 102 valence electrons. The van der Waals surface area contributed by atoms with Crippen molar-refractivity contribution in [3.8, 4) is 0 Å². The highest BCUT2D eigenvalue weighted by Crippen LogP contribution is 2.30.